The first-order chi connectivity index (χ1) is 20.3. The lowest BCUT2D eigenvalue weighted by Gasteiger charge is -2.34. The number of imidazole rings is 1. The zero-order chi connectivity index (χ0) is 29.6. The number of likely N-dealkylation sites (tertiary alicyclic amines) is 1. The number of aromatic nitrogens is 3. The number of nitrogens with one attached hydrogen (secondary N) is 2. The number of hydrogen-bond acceptors (Lipinski definition) is 8. The third-order valence-electron chi connectivity index (χ3n) is 7.53. The van der Waals surface area contributed by atoms with Crippen molar-refractivity contribution in [3.05, 3.63) is 47.1 Å². The molecule has 1 aromatic carbocycles. The molecule has 0 aliphatic carbocycles. The third-order valence-corrected chi connectivity index (χ3v) is 7.76. The van der Waals surface area contributed by atoms with Gasteiger partial charge in [-0.2, -0.15) is 4.98 Å². The maximum atomic E-state index is 13.2. The zero-order valence-electron chi connectivity index (χ0n) is 23.8. The normalized spacial score (nSPS) is 16.8. The van der Waals surface area contributed by atoms with Crippen LogP contribution in [0.5, 0.6) is 6.01 Å². The number of benzene rings is 1. The fraction of sp³-hybridized carbons (Fsp3) is 0.483. The molecule has 0 atom stereocenters. The summed E-state index contributed by atoms with van der Waals surface area (Å²) in [7, 11) is 0. The summed E-state index contributed by atoms with van der Waals surface area (Å²) in [6, 6.07) is 8.66. The van der Waals surface area contributed by atoms with Crippen molar-refractivity contribution >= 4 is 46.4 Å². The van der Waals surface area contributed by atoms with Gasteiger partial charge in [0, 0.05) is 56.6 Å². The van der Waals surface area contributed by atoms with Crippen molar-refractivity contribution in [1.29, 1.82) is 0 Å². The van der Waals surface area contributed by atoms with E-state index >= 15 is 0 Å². The van der Waals surface area contributed by atoms with Crippen molar-refractivity contribution in [1.82, 2.24) is 29.7 Å². The molecule has 0 spiro atoms. The molecule has 224 valence electrons. The molecule has 2 aliphatic rings. The third kappa shape index (κ3) is 7.36. The topological polar surface area (TPSA) is 131 Å². The molecule has 2 aliphatic heterocycles. The highest BCUT2D eigenvalue weighted by Gasteiger charge is 2.25. The van der Waals surface area contributed by atoms with Gasteiger partial charge in [0.25, 0.3) is 5.91 Å². The van der Waals surface area contributed by atoms with Crippen molar-refractivity contribution < 1.29 is 23.9 Å². The summed E-state index contributed by atoms with van der Waals surface area (Å²) in [5.41, 5.74) is 1.42. The van der Waals surface area contributed by atoms with Gasteiger partial charge in [-0.15, -0.1) is 0 Å². The van der Waals surface area contributed by atoms with Gasteiger partial charge in [-0.3, -0.25) is 14.2 Å². The Morgan fingerprint density at radius 2 is 1.90 bits per heavy atom. The highest BCUT2D eigenvalue weighted by molar-refractivity contribution is 6.30. The number of halogens is 1. The summed E-state index contributed by atoms with van der Waals surface area (Å²) >= 11 is 5.90. The lowest BCUT2D eigenvalue weighted by Crippen LogP contribution is -2.47. The van der Waals surface area contributed by atoms with Crippen LogP contribution in [0.15, 0.2) is 36.5 Å². The Morgan fingerprint density at radius 1 is 1.10 bits per heavy atom. The minimum atomic E-state index is -0.643. The van der Waals surface area contributed by atoms with E-state index in [1.807, 2.05) is 0 Å². The number of rotatable bonds is 7. The number of fused-ring (bicyclic) bond motifs is 1. The Bertz CT molecular complexity index is 1410. The van der Waals surface area contributed by atoms with Crippen LogP contribution >= 0.6 is 11.6 Å². The first kappa shape index (κ1) is 29.7. The number of anilines is 1. The second-order valence-electron chi connectivity index (χ2n) is 10.8. The molecule has 42 heavy (non-hydrogen) atoms. The lowest BCUT2D eigenvalue weighted by atomic mass is 10.0. The molecule has 4 heterocycles. The van der Waals surface area contributed by atoms with E-state index in [1.165, 1.54) is 10.8 Å². The van der Waals surface area contributed by atoms with E-state index in [2.05, 4.69) is 39.3 Å². The Labute approximate surface area is 249 Å². The van der Waals surface area contributed by atoms with E-state index in [1.54, 1.807) is 35.2 Å². The van der Waals surface area contributed by atoms with E-state index in [-0.39, 0.29) is 24.5 Å². The molecule has 5 rings (SSSR count). The summed E-state index contributed by atoms with van der Waals surface area (Å²) in [5.74, 6) is -0.201. The number of pyridine rings is 1. The smallest absolute Gasteiger partial charge is 0.380 e. The van der Waals surface area contributed by atoms with E-state index in [4.69, 9.17) is 21.1 Å². The Morgan fingerprint density at radius 3 is 2.64 bits per heavy atom. The first-order valence-electron chi connectivity index (χ1n) is 14.3. The molecule has 3 amide bonds. The van der Waals surface area contributed by atoms with Crippen LogP contribution in [0, 0.1) is 0 Å². The van der Waals surface area contributed by atoms with Gasteiger partial charge in [-0.05, 0) is 63.4 Å². The molecular formula is C29H36ClN7O5. The number of carbonyl (C=O) groups excluding carboxylic acids is 3. The Kier molecular flexibility index (Phi) is 9.55. The van der Waals surface area contributed by atoms with Crippen molar-refractivity contribution in [3.63, 3.8) is 0 Å². The molecule has 2 saturated heterocycles. The van der Waals surface area contributed by atoms with Gasteiger partial charge in [0.05, 0.1) is 22.7 Å². The molecule has 0 radical (unpaired) electrons. The second-order valence-corrected chi connectivity index (χ2v) is 11.2. The van der Waals surface area contributed by atoms with Crippen LogP contribution in [0.2, 0.25) is 5.02 Å². The van der Waals surface area contributed by atoms with E-state index in [0.29, 0.717) is 59.8 Å². The van der Waals surface area contributed by atoms with Crippen molar-refractivity contribution in [2.45, 2.75) is 51.7 Å². The fourth-order valence-electron chi connectivity index (χ4n) is 5.22. The van der Waals surface area contributed by atoms with Gasteiger partial charge in [0.1, 0.15) is 12.4 Å². The van der Waals surface area contributed by atoms with E-state index < -0.39 is 12.0 Å². The van der Waals surface area contributed by atoms with Gasteiger partial charge in [-0.1, -0.05) is 11.6 Å². The standard InChI is InChI=1S/C29H36ClN7O5/c1-19(2)35-11-8-22(9-12-35)32-29(40)42-28-33-23-16-20(27(39)36-10-3-14-41-15-13-36)4-6-24(23)37(28)18-26(38)34-25-7-5-21(30)17-31-25/h4-7,16-17,19,22H,3,8-15,18H2,1-2H3,(H,32,40)(H,31,34,38). The highest BCUT2D eigenvalue weighted by Crippen LogP contribution is 2.24. The van der Waals surface area contributed by atoms with Gasteiger partial charge >= 0.3 is 12.1 Å². The van der Waals surface area contributed by atoms with Crippen molar-refractivity contribution in [2.75, 3.05) is 44.7 Å². The van der Waals surface area contributed by atoms with Gasteiger partial charge in [0.15, 0.2) is 0 Å². The Balaban J connectivity index is 1.36. The summed E-state index contributed by atoms with van der Waals surface area (Å²) in [5, 5.41) is 6.11. The van der Waals surface area contributed by atoms with Crippen molar-refractivity contribution in [3.8, 4) is 6.01 Å². The SMILES string of the molecule is CC(C)N1CCC(NC(=O)Oc2nc3cc(C(=O)N4CCCOCC4)ccc3n2CC(=O)Nc2ccc(Cl)cn2)CC1. The van der Waals surface area contributed by atoms with Crippen LogP contribution in [-0.2, 0) is 16.1 Å². The average Bonchev–Trinajstić information content (AvgIpc) is 3.12. The number of nitrogens with zero attached hydrogens (tertiary/aromatic N) is 5. The second kappa shape index (κ2) is 13.5. The molecular weight excluding hydrogens is 562 g/mol. The minimum Gasteiger partial charge on any atom is -0.380 e. The average molecular weight is 598 g/mol. The lowest BCUT2D eigenvalue weighted by molar-refractivity contribution is -0.116. The molecule has 2 aromatic heterocycles. The zero-order valence-corrected chi connectivity index (χ0v) is 24.6. The molecule has 3 aromatic rings. The largest absolute Gasteiger partial charge is 0.415 e. The number of hydrogen-bond donors (Lipinski definition) is 2. The number of ether oxygens (including phenoxy) is 2. The number of amides is 3. The summed E-state index contributed by atoms with van der Waals surface area (Å²) in [4.78, 5) is 51.9. The fourth-order valence-corrected chi connectivity index (χ4v) is 5.33. The summed E-state index contributed by atoms with van der Waals surface area (Å²) in [6.07, 6.45) is 3.18. The highest BCUT2D eigenvalue weighted by atomic mass is 35.5. The van der Waals surface area contributed by atoms with E-state index in [9.17, 15) is 14.4 Å². The number of piperidine rings is 1. The van der Waals surface area contributed by atoms with Gasteiger partial charge in [-0.25, -0.2) is 9.78 Å². The molecule has 12 nitrogen and oxygen atoms in total. The molecule has 0 unspecified atom stereocenters. The van der Waals surface area contributed by atoms with Crippen LogP contribution in [0.1, 0.15) is 43.5 Å². The summed E-state index contributed by atoms with van der Waals surface area (Å²) in [6.45, 7) is 8.13. The van der Waals surface area contributed by atoms with Gasteiger partial charge in [0.2, 0.25) is 5.91 Å². The molecule has 0 saturated carbocycles. The predicted molar refractivity (Wildman–Crippen MR) is 158 cm³/mol. The Hall–Kier alpha value is -3.74. The van der Waals surface area contributed by atoms with Crippen LogP contribution in [0.4, 0.5) is 10.6 Å². The quantitative estimate of drug-likeness (QED) is 0.423. The number of carbonyl (C=O) groups is 3. The maximum Gasteiger partial charge on any atom is 0.415 e. The predicted octanol–water partition coefficient (Wildman–Crippen LogP) is 3.55. The first-order valence-corrected chi connectivity index (χ1v) is 14.7. The summed E-state index contributed by atoms with van der Waals surface area (Å²) < 4.78 is 12.7. The van der Waals surface area contributed by atoms with Crippen LogP contribution in [0.3, 0.4) is 0 Å². The van der Waals surface area contributed by atoms with Crippen LogP contribution in [0.25, 0.3) is 11.0 Å². The monoisotopic (exact) mass is 597 g/mol. The van der Waals surface area contributed by atoms with Crippen LogP contribution < -0.4 is 15.4 Å². The molecule has 2 N–H and O–H groups in total. The molecule has 2 fully saturated rings. The van der Waals surface area contributed by atoms with E-state index in [0.717, 1.165) is 32.4 Å². The molecule has 13 heteroatoms. The van der Waals surface area contributed by atoms with Crippen LogP contribution in [-0.4, -0.2) is 93.7 Å². The van der Waals surface area contributed by atoms with Crippen molar-refractivity contribution in [2.24, 2.45) is 0 Å². The van der Waals surface area contributed by atoms with Gasteiger partial charge < -0.3 is 29.9 Å². The maximum absolute atomic E-state index is 13.2. The minimum absolute atomic E-state index is 0.0218. The molecule has 0 bridgehead atoms.